The number of rotatable bonds is 4. The molecular weight excluding hydrogens is 310 g/mol. The van der Waals surface area contributed by atoms with Gasteiger partial charge in [-0.2, -0.15) is 0 Å². The van der Waals surface area contributed by atoms with Crippen LogP contribution in [0.4, 0.5) is 0 Å². The number of halogens is 2. The molecule has 5 heteroatoms. The van der Waals surface area contributed by atoms with Crippen molar-refractivity contribution < 1.29 is 5.11 Å². The Kier molecular flexibility index (Phi) is 4.67. The Balaban J connectivity index is 1.72. The van der Waals surface area contributed by atoms with Crippen LogP contribution in [0.25, 0.3) is 0 Å². The van der Waals surface area contributed by atoms with Gasteiger partial charge >= 0.3 is 0 Å². The average molecular weight is 325 g/mol. The zero-order chi connectivity index (χ0) is 11.5. The standard InChI is InChI=1S/C11H15BrClNOS/c12-10-4-9(16-11(10)13)6-14-5-7-1-2-8(15)3-7/h4,7-8,14-15H,1-3,5-6H2. The van der Waals surface area contributed by atoms with E-state index >= 15 is 0 Å². The van der Waals surface area contributed by atoms with Crippen LogP contribution in [0.5, 0.6) is 0 Å². The normalized spacial score (nSPS) is 25.2. The molecule has 2 rings (SSSR count). The SMILES string of the molecule is OC1CCC(CNCc2cc(Br)c(Cl)s2)C1. The topological polar surface area (TPSA) is 32.3 Å². The van der Waals surface area contributed by atoms with Crippen molar-refractivity contribution in [3.8, 4) is 0 Å². The monoisotopic (exact) mass is 323 g/mol. The Morgan fingerprint density at radius 2 is 2.38 bits per heavy atom. The first kappa shape index (κ1) is 12.8. The molecule has 1 aliphatic rings. The summed E-state index contributed by atoms with van der Waals surface area (Å²) in [6, 6.07) is 2.06. The first-order valence-corrected chi connectivity index (χ1v) is 7.46. The maximum absolute atomic E-state index is 9.41. The van der Waals surface area contributed by atoms with Crippen LogP contribution < -0.4 is 5.32 Å². The lowest BCUT2D eigenvalue weighted by atomic mass is 10.1. The highest BCUT2D eigenvalue weighted by atomic mass is 79.9. The molecule has 0 saturated heterocycles. The smallest absolute Gasteiger partial charge is 0.107 e. The second kappa shape index (κ2) is 5.83. The fraction of sp³-hybridized carbons (Fsp3) is 0.636. The molecule has 0 radical (unpaired) electrons. The Morgan fingerprint density at radius 3 is 2.94 bits per heavy atom. The molecule has 1 aromatic rings. The highest BCUT2D eigenvalue weighted by Crippen LogP contribution is 2.32. The minimum absolute atomic E-state index is 0.0721. The molecule has 2 nitrogen and oxygen atoms in total. The van der Waals surface area contributed by atoms with E-state index in [0.29, 0.717) is 5.92 Å². The van der Waals surface area contributed by atoms with Crippen LogP contribution in [0.3, 0.4) is 0 Å². The number of aliphatic hydroxyl groups excluding tert-OH is 1. The average Bonchev–Trinajstić information content (AvgIpc) is 2.75. The maximum Gasteiger partial charge on any atom is 0.107 e. The van der Waals surface area contributed by atoms with Crippen LogP contribution in [-0.2, 0) is 6.54 Å². The predicted octanol–water partition coefficient (Wildman–Crippen LogP) is 3.41. The van der Waals surface area contributed by atoms with Gasteiger partial charge in [0.15, 0.2) is 0 Å². The van der Waals surface area contributed by atoms with Crippen molar-refractivity contribution in [3.63, 3.8) is 0 Å². The van der Waals surface area contributed by atoms with Gasteiger partial charge in [0.1, 0.15) is 4.34 Å². The molecule has 0 spiro atoms. The van der Waals surface area contributed by atoms with Gasteiger partial charge in [0.25, 0.3) is 0 Å². The van der Waals surface area contributed by atoms with Gasteiger partial charge in [-0.3, -0.25) is 0 Å². The summed E-state index contributed by atoms with van der Waals surface area (Å²) < 4.78 is 1.79. The van der Waals surface area contributed by atoms with Crippen LogP contribution >= 0.6 is 38.9 Å². The fourth-order valence-corrected chi connectivity index (χ4v) is 3.87. The Hall–Kier alpha value is 0.390. The van der Waals surface area contributed by atoms with E-state index in [1.54, 1.807) is 11.3 Å². The lowest BCUT2D eigenvalue weighted by molar-refractivity contribution is 0.177. The third kappa shape index (κ3) is 3.44. The molecule has 1 fully saturated rings. The number of thiophene rings is 1. The molecule has 1 aliphatic carbocycles. The van der Waals surface area contributed by atoms with E-state index in [1.165, 1.54) is 4.88 Å². The second-order valence-corrected chi connectivity index (χ2v) is 6.89. The van der Waals surface area contributed by atoms with E-state index in [2.05, 4.69) is 27.3 Å². The molecule has 0 aromatic carbocycles. The lowest BCUT2D eigenvalue weighted by Crippen LogP contribution is -2.20. The molecule has 1 aromatic heterocycles. The summed E-state index contributed by atoms with van der Waals surface area (Å²) in [5, 5.41) is 12.8. The Labute approximate surface area is 113 Å². The third-order valence-electron chi connectivity index (χ3n) is 2.94. The second-order valence-electron chi connectivity index (χ2n) is 4.30. The van der Waals surface area contributed by atoms with Crippen molar-refractivity contribution in [1.82, 2.24) is 5.32 Å². The minimum atomic E-state index is -0.0721. The van der Waals surface area contributed by atoms with E-state index < -0.39 is 0 Å². The summed E-state index contributed by atoms with van der Waals surface area (Å²) in [7, 11) is 0. The van der Waals surface area contributed by atoms with Crippen molar-refractivity contribution in [3.05, 3.63) is 19.8 Å². The van der Waals surface area contributed by atoms with E-state index in [4.69, 9.17) is 11.6 Å². The first-order valence-electron chi connectivity index (χ1n) is 5.47. The minimum Gasteiger partial charge on any atom is -0.393 e. The molecule has 0 bridgehead atoms. The zero-order valence-electron chi connectivity index (χ0n) is 8.88. The van der Waals surface area contributed by atoms with Gasteiger partial charge in [-0.25, -0.2) is 0 Å². The van der Waals surface area contributed by atoms with Crippen LogP contribution in [-0.4, -0.2) is 17.8 Å². The summed E-state index contributed by atoms with van der Waals surface area (Å²) >= 11 is 11.0. The molecule has 2 unspecified atom stereocenters. The zero-order valence-corrected chi connectivity index (χ0v) is 12.0. The third-order valence-corrected chi connectivity index (χ3v) is 5.42. The molecular formula is C11H15BrClNOS. The van der Waals surface area contributed by atoms with Crippen molar-refractivity contribution in [2.75, 3.05) is 6.54 Å². The van der Waals surface area contributed by atoms with E-state index in [1.807, 2.05) is 0 Å². The van der Waals surface area contributed by atoms with E-state index in [9.17, 15) is 5.11 Å². The summed E-state index contributed by atoms with van der Waals surface area (Å²) in [6.07, 6.45) is 2.98. The van der Waals surface area contributed by atoms with Crippen LogP contribution in [0.2, 0.25) is 4.34 Å². The quantitative estimate of drug-likeness (QED) is 0.889. The lowest BCUT2D eigenvalue weighted by Gasteiger charge is -2.09. The number of hydrogen-bond acceptors (Lipinski definition) is 3. The number of hydrogen-bond donors (Lipinski definition) is 2. The van der Waals surface area contributed by atoms with Gasteiger partial charge in [0.05, 0.1) is 6.10 Å². The van der Waals surface area contributed by atoms with Crippen LogP contribution in [0.15, 0.2) is 10.5 Å². The molecule has 90 valence electrons. The van der Waals surface area contributed by atoms with Gasteiger partial charge in [0.2, 0.25) is 0 Å². The highest BCUT2D eigenvalue weighted by Gasteiger charge is 2.22. The summed E-state index contributed by atoms with van der Waals surface area (Å²) in [5.74, 6) is 0.633. The van der Waals surface area contributed by atoms with Gasteiger partial charge in [-0.1, -0.05) is 11.6 Å². The predicted molar refractivity (Wildman–Crippen MR) is 72.1 cm³/mol. The summed E-state index contributed by atoms with van der Waals surface area (Å²) in [5.41, 5.74) is 0. The highest BCUT2D eigenvalue weighted by molar-refractivity contribution is 9.10. The van der Waals surface area contributed by atoms with Gasteiger partial charge < -0.3 is 10.4 Å². The van der Waals surface area contributed by atoms with Crippen molar-refractivity contribution in [1.29, 1.82) is 0 Å². The fourth-order valence-electron chi connectivity index (χ4n) is 2.11. The Morgan fingerprint density at radius 1 is 1.56 bits per heavy atom. The first-order chi connectivity index (χ1) is 7.65. The van der Waals surface area contributed by atoms with Crippen LogP contribution in [0.1, 0.15) is 24.1 Å². The molecule has 0 amide bonds. The van der Waals surface area contributed by atoms with Crippen molar-refractivity contribution in [2.45, 2.75) is 31.9 Å². The largest absolute Gasteiger partial charge is 0.393 e. The summed E-state index contributed by atoms with van der Waals surface area (Å²) in [4.78, 5) is 1.25. The van der Waals surface area contributed by atoms with Crippen molar-refractivity contribution in [2.24, 2.45) is 5.92 Å². The Bertz CT molecular complexity index is 338. The molecule has 16 heavy (non-hydrogen) atoms. The van der Waals surface area contributed by atoms with Gasteiger partial charge in [-0.05, 0) is 53.7 Å². The van der Waals surface area contributed by atoms with Gasteiger partial charge in [0, 0.05) is 15.9 Å². The maximum atomic E-state index is 9.41. The van der Waals surface area contributed by atoms with Gasteiger partial charge in [-0.15, -0.1) is 11.3 Å². The van der Waals surface area contributed by atoms with Crippen molar-refractivity contribution >= 4 is 38.9 Å². The molecule has 2 N–H and O–H groups in total. The number of nitrogens with one attached hydrogen (secondary N) is 1. The summed E-state index contributed by atoms with van der Waals surface area (Å²) in [6.45, 7) is 1.85. The molecule has 1 saturated carbocycles. The van der Waals surface area contributed by atoms with Crippen LogP contribution in [0, 0.1) is 5.92 Å². The number of aliphatic hydroxyl groups is 1. The molecule has 0 aliphatic heterocycles. The van der Waals surface area contributed by atoms with E-state index in [0.717, 1.165) is 41.2 Å². The molecule has 1 heterocycles. The molecule has 2 atom stereocenters. The van der Waals surface area contributed by atoms with E-state index in [-0.39, 0.29) is 6.10 Å².